The Hall–Kier alpha value is -1.42. The normalized spacial score (nSPS) is 17.3. The number of benzene rings is 1. The lowest BCUT2D eigenvalue weighted by Gasteiger charge is -2.35. The third-order valence-corrected chi connectivity index (χ3v) is 5.51. The minimum absolute atomic E-state index is 0.651. The molecule has 0 aromatic heterocycles. The molecule has 3 nitrogen and oxygen atoms in total. The number of carbonyl (C=O) groups excluding carboxylic acids is 1. The van der Waals surface area contributed by atoms with Crippen LogP contribution in [-0.4, -0.2) is 53.4 Å². The highest BCUT2D eigenvalue weighted by atomic mass is 32.2. The average Bonchev–Trinajstić information content (AvgIpc) is 3.46. The van der Waals surface area contributed by atoms with Crippen LogP contribution in [0.1, 0.15) is 38.2 Å². The molecule has 3 rings (SSSR count). The first-order valence-electron chi connectivity index (χ1n) is 8.88. The highest BCUT2D eigenvalue weighted by Crippen LogP contribution is 2.39. The van der Waals surface area contributed by atoms with E-state index in [4.69, 9.17) is 0 Å². The molecule has 1 heterocycles. The highest BCUT2D eigenvalue weighted by Gasteiger charge is 2.22. The van der Waals surface area contributed by atoms with Crippen LogP contribution in [0.15, 0.2) is 42.6 Å². The van der Waals surface area contributed by atoms with Crippen LogP contribution in [0, 0.1) is 0 Å². The summed E-state index contributed by atoms with van der Waals surface area (Å²) in [6.07, 6.45) is 3.75. The van der Waals surface area contributed by atoms with E-state index in [0.717, 1.165) is 44.3 Å². The van der Waals surface area contributed by atoms with E-state index in [9.17, 15) is 4.79 Å². The summed E-state index contributed by atoms with van der Waals surface area (Å²) in [5, 5.41) is 0.651. The number of nitrogens with zero attached hydrogens (tertiary/aromatic N) is 2. The van der Waals surface area contributed by atoms with Gasteiger partial charge in [0.25, 0.3) is 0 Å². The fourth-order valence-corrected chi connectivity index (χ4v) is 3.35. The quantitative estimate of drug-likeness (QED) is 0.728. The molecule has 4 heteroatoms. The van der Waals surface area contributed by atoms with Crippen molar-refractivity contribution in [3.8, 4) is 0 Å². The summed E-state index contributed by atoms with van der Waals surface area (Å²) in [6.45, 7) is 12.0. The molecule has 0 spiro atoms. The van der Waals surface area contributed by atoms with Gasteiger partial charge in [-0.3, -0.25) is 4.79 Å². The summed E-state index contributed by atoms with van der Waals surface area (Å²) in [7, 11) is 0. The fourth-order valence-electron chi connectivity index (χ4n) is 2.64. The molecular formula is C20H30N2OS. The summed E-state index contributed by atoms with van der Waals surface area (Å²) in [5.74, 6) is 1.91. The average molecular weight is 347 g/mol. The van der Waals surface area contributed by atoms with Gasteiger partial charge in [-0.15, -0.1) is 0 Å². The van der Waals surface area contributed by atoms with E-state index in [-0.39, 0.29) is 0 Å². The van der Waals surface area contributed by atoms with Crippen molar-refractivity contribution >= 4 is 18.2 Å². The molecule has 0 unspecified atom stereocenters. The number of hydrogen-bond donors (Lipinski definition) is 0. The molecule has 2 aliphatic rings. The van der Waals surface area contributed by atoms with Crippen LogP contribution in [0.2, 0.25) is 0 Å². The second kappa shape index (κ2) is 9.77. The van der Waals surface area contributed by atoms with E-state index in [1.807, 2.05) is 16.7 Å². The Morgan fingerprint density at radius 3 is 2.33 bits per heavy atom. The Morgan fingerprint density at radius 1 is 1.21 bits per heavy atom. The molecule has 2 fully saturated rings. The van der Waals surface area contributed by atoms with Gasteiger partial charge < -0.3 is 9.80 Å². The van der Waals surface area contributed by atoms with Gasteiger partial charge in [0.1, 0.15) is 0 Å². The van der Waals surface area contributed by atoms with Gasteiger partial charge in [-0.2, -0.15) is 11.8 Å². The van der Waals surface area contributed by atoms with Crippen LogP contribution in [0.4, 0.5) is 0 Å². The Labute approximate surface area is 151 Å². The van der Waals surface area contributed by atoms with Crippen molar-refractivity contribution in [2.75, 3.05) is 31.9 Å². The molecule has 0 bridgehead atoms. The van der Waals surface area contributed by atoms with Gasteiger partial charge in [0.05, 0.1) is 0 Å². The van der Waals surface area contributed by atoms with Crippen molar-refractivity contribution in [1.29, 1.82) is 0 Å². The number of thioether (sulfide) groups is 1. The zero-order valence-corrected chi connectivity index (χ0v) is 15.8. The zero-order chi connectivity index (χ0) is 17.4. The van der Waals surface area contributed by atoms with Crippen LogP contribution < -0.4 is 0 Å². The van der Waals surface area contributed by atoms with Crippen molar-refractivity contribution in [3.05, 3.63) is 48.2 Å². The molecule has 132 valence electrons. The summed E-state index contributed by atoms with van der Waals surface area (Å²) in [6, 6.07) is 10.8. The van der Waals surface area contributed by atoms with Gasteiger partial charge in [0.15, 0.2) is 0 Å². The van der Waals surface area contributed by atoms with Gasteiger partial charge in [-0.25, -0.2) is 0 Å². The second-order valence-corrected chi connectivity index (χ2v) is 8.30. The molecular weight excluding hydrogens is 316 g/mol. The van der Waals surface area contributed by atoms with E-state index in [2.05, 4.69) is 55.7 Å². The van der Waals surface area contributed by atoms with E-state index in [1.54, 1.807) is 0 Å². The predicted octanol–water partition coefficient (Wildman–Crippen LogP) is 3.98. The molecule has 0 atom stereocenters. The second-order valence-electron chi connectivity index (χ2n) is 6.74. The van der Waals surface area contributed by atoms with Gasteiger partial charge in [-0.05, 0) is 29.6 Å². The maximum Gasteiger partial charge on any atom is 0.209 e. The van der Waals surface area contributed by atoms with Crippen molar-refractivity contribution < 1.29 is 4.79 Å². The van der Waals surface area contributed by atoms with E-state index in [1.165, 1.54) is 24.1 Å². The number of amides is 1. The fraction of sp³-hybridized carbons (Fsp3) is 0.550. The topological polar surface area (TPSA) is 23.6 Å². The predicted molar refractivity (Wildman–Crippen MR) is 104 cm³/mol. The largest absolute Gasteiger partial charge is 0.371 e. The first-order chi connectivity index (χ1) is 11.6. The van der Waals surface area contributed by atoms with Gasteiger partial charge >= 0.3 is 0 Å². The molecule has 0 N–H and O–H groups in total. The smallest absolute Gasteiger partial charge is 0.209 e. The highest BCUT2D eigenvalue weighted by molar-refractivity contribution is 8.00. The maximum absolute atomic E-state index is 10.5. The van der Waals surface area contributed by atoms with Crippen molar-refractivity contribution in [2.24, 2.45) is 0 Å². The van der Waals surface area contributed by atoms with E-state index >= 15 is 0 Å². The van der Waals surface area contributed by atoms with E-state index < -0.39 is 0 Å². The summed E-state index contributed by atoms with van der Waals surface area (Å²) in [4.78, 5) is 14.6. The summed E-state index contributed by atoms with van der Waals surface area (Å²) < 4.78 is 0. The molecule has 1 aromatic rings. The molecule has 1 aromatic carbocycles. The van der Waals surface area contributed by atoms with Gasteiger partial charge in [0.2, 0.25) is 6.41 Å². The first kappa shape index (κ1) is 18.9. The number of hydrogen-bond acceptors (Lipinski definition) is 3. The number of piperazine rings is 1. The van der Waals surface area contributed by atoms with Crippen LogP contribution in [0.25, 0.3) is 0 Å². The van der Waals surface area contributed by atoms with Crippen molar-refractivity contribution in [1.82, 2.24) is 9.80 Å². The monoisotopic (exact) mass is 346 g/mol. The lowest BCUT2D eigenvalue weighted by Crippen LogP contribution is -2.45. The van der Waals surface area contributed by atoms with Gasteiger partial charge in [-0.1, -0.05) is 50.8 Å². The maximum atomic E-state index is 10.5. The van der Waals surface area contributed by atoms with Crippen molar-refractivity contribution in [3.63, 3.8) is 0 Å². The van der Waals surface area contributed by atoms with Crippen LogP contribution in [0.3, 0.4) is 0 Å². The molecule has 1 amide bonds. The minimum atomic E-state index is 0.651. The standard InChI is InChI=1S/C11H20N2OS.C9H10/c1-10(2)15-8-11(3)13-6-4-12(9-14)5-7-13;1-2-4-8(5-3-1)9-6-7-9/h9-10H,3-8H2,1-2H3;1-5,9H,6-7H2. The Balaban J connectivity index is 0.000000194. The third-order valence-electron chi connectivity index (χ3n) is 4.34. The summed E-state index contributed by atoms with van der Waals surface area (Å²) in [5.41, 5.74) is 2.72. The van der Waals surface area contributed by atoms with Crippen molar-refractivity contribution in [2.45, 2.75) is 37.9 Å². The Bertz CT molecular complexity index is 506. The molecule has 1 aliphatic carbocycles. The molecule has 1 aliphatic heterocycles. The molecule has 1 saturated heterocycles. The van der Waals surface area contributed by atoms with Crippen LogP contribution in [-0.2, 0) is 4.79 Å². The lowest BCUT2D eigenvalue weighted by molar-refractivity contribution is -0.119. The van der Waals surface area contributed by atoms with Crippen LogP contribution in [0.5, 0.6) is 0 Å². The molecule has 0 radical (unpaired) electrons. The zero-order valence-electron chi connectivity index (χ0n) is 15.0. The minimum Gasteiger partial charge on any atom is -0.371 e. The Morgan fingerprint density at radius 2 is 1.83 bits per heavy atom. The Kier molecular flexibility index (Phi) is 7.70. The lowest BCUT2D eigenvalue weighted by atomic mass is 10.1. The van der Waals surface area contributed by atoms with Crippen LogP contribution >= 0.6 is 11.8 Å². The van der Waals surface area contributed by atoms with E-state index in [0.29, 0.717) is 5.25 Å². The molecule has 24 heavy (non-hydrogen) atoms. The summed E-state index contributed by atoms with van der Waals surface area (Å²) >= 11 is 1.92. The van der Waals surface area contributed by atoms with Gasteiger partial charge in [0, 0.05) is 37.6 Å². The number of carbonyl (C=O) groups is 1. The molecule has 1 saturated carbocycles. The number of rotatable bonds is 6. The SMILES string of the molecule is C=C(CSC(C)C)N1CCN(C=O)CC1.c1ccc(C2CC2)cc1. The first-order valence-corrected chi connectivity index (χ1v) is 9.93. The third kappa shape index (κ3) is 6.60.